The Hall–Kier alpha value is -1.78. The van der Waals surface area contributed by atoms with Gasteiger partial charge >= 0.3 is 0 Å². The van der Waals surface area contributed by atoms with Gasteiger partial charge in [-0.2, -0.15) is 0 Å². The molecule has 1 rings (SSSR count). The van der Waals surface area contributed by atoms with Crippen molar-refractivity contribution in [2.45, 2.75) is 13.8 Å². The maximum atomic E-state index is 11.5. The van der Waals surface area contributed by atoms with E-state index in [1.165, 1.54) is 13.1 Å². The molecule has 0 spiro atoms. The Kier molecular flexibility index (Phi) is 2.91. The number of nitrogens with two attached hydrogens (primary N) is 1. The van der Waals surface area contributed by atoms with Crippen LogP contribution in [0.15, 0.2) is 11.0 Å². The van der Waals surface area contributed by atoms with E-state index in [9.17, 15) is 9.59 Å². The zero-order valence-electron chi connectivity index (χ0n) is 8.09. The second-order valence-electron chi connectivity index (χ2n) is 2.76. The first-order valence-electron chi connectivity index (χ1n) is 4.22. The number of aromatic amines is 1. The van der Waals surface area contributed by atoms with Crippen LogP contribution < -0.4 is 15.9 Å². The van der Waals surface area contributed by atoms with Gasteiger partial charge in [-0.3, -0.25) is 9.59 Å². The molecule has 3 N–H and O–H groups in total. The van der Waals surface area contributed by atoms with Gasteiger partial charge in [0.2, 0.25) is 11.3 Å². The number of Topliss-reactive ketones (excluding diaryl/α,β-unsaturated/α-hetero) is 1. The number of H-pyrrole nitrogens is 1. The minimum absolute atomic E-state index is 0.0472. The van der Waals surface area contributed by atoms with Crippen LogP contribution in [-0.2, 0) is 0 Å². The predicted molar refractivity (Wildman–Crippen MR) is 52.6 cm³/mol. The number of hydrogen-bond donors (Lipinski definition) is 2. The summed E-state index contributed by atoms with van der Waals surface area (Å²) in [6.07, 6.45) is 1.31. The minimum Gasteiger partial charge on any atom is -0.478 e. The molecular weight excluding hydrogens is 184 g/mol. The second-order valence-corrected chi connectivity index (χ2v) is 2.76. The van der Waals surface area contributed by atoms with Gasteiger partial charge in [0.1, 0.15) is 5.69 Å². The Bertz CT molecular complexity index is 409. The molecule has 14 heavy (non-hydrogen) atoms. The van der Waals surface area contributed by atoms with Crippen LogP contribution in [0.2, 0.25) is 0 Å². The number of anilines is 1. The molecule has 0 atom stereocenters. The van der Waals surface area contributed by atoms with Crippen molar-refractivity contribution >= 4 is 11.5 Å². The van der Waals surface area contributed by atoms with E-state index in [0.29, 0.717) is 6.61 Å². The summed E-state index contributed by atoms with van der Waals surface area (Å²) in [5.41, 5.74) is 4.99. The molecule has 0 saturated carbocycles. The Labute approximate surface area is 80.9 Å². The van der Waals surface area contributed by atoms with E-state index in [0.717, 1.165) is 0 Å². The largest absolute Gasteiger partial charge is 0.478 e. The van der Waals surface area contributed by atoms with Crippen molar-refractivity contribution in [1.29, 1.82) is 0 Å². The summed E-state index contributed by atoms with van der Waals surface area (Å²) in [6.45, 7) is 3.49. The number of aromatic nitrogens is 1. The van der Waals surface area contributed by atoms with Crippen molar-refractivity contribution < 1.29 is 9.53 Å². The summed E-state index contributed by atoms with van der Waals surface area (Å²) >= 11 is 0. The molecule has 0 unspecified atom stereocenters. The van der Waals surface area contributed by atoms with Gasteiger partial charge in [0.05, 0.1) is 12.2 Å². The number of nitrogen functional groups attached to an aromatic ring is 1. The smallest absolute Gasteiger partial charge is 0.219 e. The fourth-order valence-electron chi connectivity index (χ4n) is 1.05. The first kappa shape index (κ1) is 10.3. The summed E-state index contributed by atoms with van der Waals surface area (Å²) in [4.78, 5) is 25.1. The number of nitrogens with one attached hydrogen (secondary N) is 1. The molecule has 0 aliphatic carbocycles. The van der Waals surface area contributed by atoms with E-state index in [1.807, 2.05) is 0 Å². The molecule has 1 aromatic heterocycles. The first-order chi connectivity index (χ1) is 6.57. The molecule has 0 amide bonds. The SMILES string of the molecule is CCOc1[nH]cc(C(C)=O)c(=O)c1N. The van der Waals surface area contributed by atoms with Crippen LogP contribution in [-0.4, -0.2) is 17.4 Å². The van der Waals surface area contributed by atoms with E-state index in [-0.39, 0.29) is 22.9 Å². The molecule has 5 nitrogen and oxygen atoms in total. The van der Waals surface area contributed by atoms with Crippen LogP contribution in [0.1, 0.15) is 24.2 Å². The average Bonchev–Trinajstić information content (AvgIpc) is 2.13. The Morgan fingerprint density at radius 2 is 2.29 bits per heavy atom. The molecule has 0 saturated heterocycles. The summed E-state index contributed by atoms with van der Waals surface area (Å²) < 4.78 is 5.06. The molecule has 76 valence electrons. The standard InChI is InChI=1S/C9H12N2O3/c1-3-14-9-7(10)8(13)6(4-11-9)5(2)12/h4H,3,10H2,1-2H3,(H,11,13). The number of carbonyl (C=O) groups excluding carboxylic acids is 1. The van der Waals surface area contributed by atoms with E-state index in [1.54, 1.807) is 6.92 Å². The maximum Gasteiger partial charge on any atom is 0.219 e. The van der Waals surface area contributed by atoms with Gasteiger partial charge in [0.25, 0.3) is 0 Å². The van der Waals surface area contributed by atoms with Gasteiger partial charge in [-0.15, -0.1) is 0 Å². The van der Waals surface area contributed by atoms with Gasteiger partial charge in [-0.1, -0.05) is 0 Å². The quantitative estimate of drug-likeness (QED) is 0.691. The van der Waals surface area contributed by atoms with Crippen LogP contribution in [0, 0.1) is 0 Å². The van der Waals surface area contributed by atoms with Gasteiger partial charge in [-0.25, -0.2) is 0 Å². The highest BCUT2D eigenvalue weighted by Gasteiger charge is 2.11. The zero-order valence-corrected chi connectivity index (χ0v) is 8.09. The molecule has 1 aromatic rings. The third-order valence-electron chi connectivity index (χ3n) is 1.75. The van der Waals surface area contributed by atoms with E-state index in [4.69, 9.17) is 10.5 Å². The van der Waals surface area contributed by atoms with Gasteiger partial charge < -0.3 is 15.5 Å². The van der Waals surface area contributed by atoms with E-state index < -0.39 is 5.43 Å². The van der Waals surface area contributed by atoms with Crippen molar-refractivity contribution in [1.82, 2.24) is 4.98 Å². The van der Waals surface area contributed by atoms with Crippen molar-refractivity contribution in [3.8, 4) is 5.88 Å². The highest BCUT2D eigenvalue weighted by Crippen LogP contribution is 2.13. The lowest BCUT2D eigenvalue weighted by molar-refractivity contribution is 0.101. The first-order valence-corrected chi connectivity index (χ1v) is 4.22. The Morgan fingerprint density at radius 3 is 2.79 bits per heavy atom. The fourth-order valence-corrected chi connectivity index (χ4v) is 1.05. The highest BCUT2D eigenvalue weighted by molar-refractivity contribution is 5.94. The molecule has 0 bridgehead atoms. The highest BCUT2D eigenvalue weighted by atomic mass is 16.5. The number of pyridine rings is 1. The van der Waals surface area contributed by atoms with Gasteiger partial charge in [0.15, 0.2) is 5.78 Å². The molecule has 5 heteroatoms. The molecule has 0 radical (unpaired) electrons. The molecule has 0 aliphatic rings. The number of ether oxygens (including phenoxy) is 1. The van der Waals surface area contributed by atoms with E-state index in [2.05, 4.69) is 4.98 Å². The van der Waals surface area contributed by atoms with Gasteiger partial charge in [0, 0.05) is 6.20 Å². The van der Waals surface area contributed by atoms with Crippen molar-refractivity contribution in [3.05, 3.63) is 22.0 Å². The van der Waals surface area contributed by atoms with Crippen molar-refractivity contribution in [2.75, 3.05) is 12.3 Å². The summed E-state index contributed by atoms with van der Waals surface area (Å²) in [6, 6.07) is 0. The number of ketones is 1. The number of carbonyl (C=O) groups is 1. The van der Waals surface area contributed by atoms with Crippen molar-refractivity contribution in [3.63, 3.8) is 0 Å². The zero-order chi connectivity index (χ0) is 10.7. The monoisotopic (exact) mass is 196 g/mol. The topological polar surface area (TPSA) is 85.2 Å². The normalized spacial score (nSPS) is 9.86. The predicted octanol–water partition coefficient (Wildman–Crippen LogP) is 0.558. The molecule has 0 aliphatic heterocycles. The number of hydrogen-bond acceptors (Lipinski definition) is 4. The number of rotatable bonds is 3. The molecule has 0 fully saturated rings. The van der Waals surface area contributed by atoms with Crippen molar-refractivity contribution in [2.24, 2.45) is 0 Å². The fraction of sp³-hybridized carbons (Fsp3) is 0.333. The summed E-state index contributed by atoms with van der Waals surface area (Å²) in [5.74, 6) is -0.108. The van der Waals surface area contributed by atoms with Crippen LogP contribution in [0.5, 0.6) is 5.88 Å². The van der Waals surface area contributed by atoms with Crippen LogP contribution in [0.25, 0.3) is 0 Å². The Morgan fingerprint density at radius 1 is 1.64 bits per heavy atom. The van der Waals surface area contributed by atoms with Crippen LogP contribution in [0.4, 0.5) is 5.69 Å². The van der Waals surface area contributed by atoms with Crippen LogP contribution in [0.3, 0.4) is 0 Å². The molecular formula is C9H12N2O3. The lowest BCUT2D eigenvalue weighted by atomic mass is 10.2. The lowest BCUT2D eigenvalue weighted by Gasteiger charge is -2.06. The van der Waals surface area contributed by atoms with Gasteiger partial charge in [-0.05, 0) is 13.8 Å². The summed E-state index contributed by atoms with van der Waals surface area (Å²) in [7, 11) is 0. The molecule has 0 aromatic carbocycles. The molecule has 1 heterocycles. The Balaban J connectivity index is 3.26. The summed E-state index contributed by atoms with van der Waals surface area (Å²) in [5, 5.41) is 0. The van der Waals surface area contributed by atoms with E-state index >= 15 is 0 Å². The second kappa shape index (κ2) is 3.95. The lowest BCUT2D eigenvalue weighted by Crippen LogP contribution is -2.18. The average molecular weight is 196 g/mol. The third-order valence-corrected chi connectivity index (χ3v) is 1.75. The maximum absolute atomic E-state index is 11.5. The minimum atomic E-state index is -0.486. The van der Waals surface area contributed by atoms with Crippen LogP contribution >= 0.6 is 0 Å². The third kappa shape index (κ3) is 1.76.